The molecule has 0 aliphatic heterocycles. The highest BCUT2D eigenvalue weighted by molar-refractivity contribution is 7.11. The van der Waals surface area contributed by atoms with E-state index in [4.69, 9.17) is 4.74 Å². The van der Waals surface area contributed by atoms with E-state index in [2.05, 4.69) is 55.6 Å². The van der Waals surface area contributed by atoms with Crippen LogP contribution in [0.25, 0.3) is 5.57 Å². The number of hydrogen-bond acceptors (Lipinski definition) is 3. The van der Waals surface area contributed by atoms with E-state index in [0.29, 0.717) is 5.92 Å². The first-order valence-corrected chi connectivity index (χ1v) is 9.34. The van der Waals surface area contributed by atoms with Crippen LogP contribution in [0.2, 0.25) is 0 Å². The molecule has 3 aliphatic carbocycles. The maximum absolute atomic E-state index is 6.13. The molecule has 2 bridgehead atoms. The highest BCUT2D eigenvalue weighted by Gasteiger charge is 2.65. The fraction of sp³-hybridized carbons (Fsp3) is 0.579. The Kier molecular flexibility index (Phi) is 3.28. The lowest BCUT2D eigenvalue weighted by Gasteiger charge is -2.43. The minimum absolute atomic E-state index is 0.0236. The number of ether oxygens (including phenoxy) is 1. The van der Waals surface area contributed by atoms with Crippen LogP contribution in [-0.4, -0.2) is 31.1 Å². The van der Waals surface area contributed by atoms with Gasteiger partial charge in [-0.2, -0.15) is 0 Å². The molecule has 3 atom stereocenters. The van der Waals surface area contributed by atoms with Crippen molar-refractivity contribution in [3.63, 3.8) is 0 Å². The molecule has 1 saturated carbocycles. The van der Waals surface area contributed by atoms with Crippen molar-refractivity contribution in [3.8, 4) is 0 Å². The van der Waals surface area contributed by atoms with Gasteiger partial charge in [0.2, 0.25) is 0 Å². The molecule has 22 heavy (non-hydrogen) atoms. The van der Waals surface area contributed by atoms with Crippen molar-refractivity contribution in [2.45, 2.75) is 38.1 Å². The Morgan fingerprint density at radius 3 is 2.86 bits per heavy atom. The Bertz CT molecular complexity index is 630. The second-order valence-corrected chi connectivity index (χ2v) is 7.98. The first-order chi connectivity index (χ1) is 10.6. The third-order valence-corrected chi connectivity index (χ3v) is 6.86. The van der Waals surface area contributed by atoms with Crippen LogP contribution in [-0.2, 0) is 4.74 Å². The SMILES string of the molecule is CCOC1=C[C@@]2(N(C)C)C(c3cccs3)=C[C@@]13CCCC[C@H]32. The van der Waals surface area contributed by atoms with Crippen molar-refractivity contribution in [2.75, 3.05) is 20.7 Å². The maximum atomic E-state index is 6.13. The average Bonchev–Trinajstić information content (AvgIpc) is 3.18. The normalized spacial score (nSPS) is 36.3. The van der Waals surface area contributed by atoms with Crippen LogP contribution < -0.4 is 0 Å². The van der Waals surface area contributed by atoms with Crippen LogP contribution in [0, 0.1) is 11.3 Å². The molecule has 1 fully saturated rings. The van der Waals surface area contributed by atoms with Crippen LogP contribution >= 0.6 is 11.3 Å². The second-order valence-electron chi connectivity index (χ2n) is 7.04. The van der Waals surface area contributed by atoms with Gasteiger partial charge >= 0.3 is 0 Å². The number of allylic oxidation sites excluding steroid dienone is 1. The van der Waals surface area contributed by atoms with E-state index in [1.807, 2.05) is 11.3 Å². The average molecular weight is 315 g/mol. The standard InChI is InChI=1S/C19H25NOS/c1-4-21-17-13-19(20(2)3)14(15-8-7-11-22-15)12-18(17)10-6-5-9-16(18)19/h7-8,11-13,16H,4-6,9-10H2,1-3H3/t16-,18-,19-/m1/s1. The van der Waals surface area contributed by atoms with Gasteiger partial charge in [-0.3, -0.25) is 4.90 Å². The van der Waals surface area contributed by atoms with E-state index in [1.165, 1.54) is 41.9 Å². The van der Waals surface area contributed by atoms with Gasteiger partial charge in [0.1, 0.15) is 5.76 Å². The van der Waals surface area contributed by atoms with Crippen molar-refractivity contribution in [1.82, 2.24) is 4.90 Å². The molecule has 4 rings (SSSR count). The Hall–Kier alpha value is -1.06. The molecule has 0 aromatic carbocycles. The Morgan fingerprint density at radius 2 is 2.18 bits per heavy atom. The van der Waals surface area contributed by atoms with Gasteiger partial charge in [-0.05, 0) is 57.0 Å². The molecule has 2 nitrogen and oxygen atoms in total. The van der Waals surface area contributed by atoms with E-state index < -0.39 is 0 Å². The fourth-order valence-corrected chi connectivity index (χ4v) is 5.95. The van der Waals surface area contributed by atoms with E-state index in [1.54, 1.807) is 0 Å². The highest BCUT2D eigenvalue weighted by atomic mass is 32.1. The molecule has 1 heterocycles. The third kappa shape index (κ3) is 1.64. The summed E-state index contributed by atoms with van der Waals surface area (Å²) in [5, 5.41) is 2.19. The monoisotopic (exact) mass is 315 g/mol. The fourth-order valence-electron chi connectivity index (χ4n) is 5.14. The van der Waals surface area contributed by atoms with Crippen molar-refractivity contribution in [3.05, 3.63) is 40.3 Å². The molecule has 0 radical (unpaired) electrons. The van der Waals surface area contributed by atoms with Crippen LogP contribution in [0.4, 0.5) is 0 Å². The van der Waals surface area contributed by atoms with E-state index in [-0.39, 0.29) is 11.0 Å². The molecule has 1 aromatic rings. The summed E-state index contributed by atoms with van der Waals surface area (Å²) in [5.74, 6) is 1.89. The van der Waals surface area contributed by atoms with Gasteiger partial charge in [0.15, 0.2) is 0 Å². The number of hydrogen-bond donors (Lipinski definition) is 0. The van der Waals surface area contributed by atoms with Crippen LogP contribution in [0.5, 0.6) is 0 Å². The Balaban J connectivity index is 1.90. The summed E-state index contributed by atoms with van der Waals surface area (Å²) in [7, 11) is 4.47. The molecule has 0 amide bonds. The van der Waals surface area contributed by atoms with E-state index >= 15 is 0 Å². The number of nitrogens with zero attached hydrogens (tertiary/aromatic N) is 1. The van der Waals surface area contributed by atoms with E-state index in [0.717, 1.165) is 6.61 Å². The third-order valence-electron chi connectivity index (χ3n) is 5.96. The number of thiophene rings is 1. The topological polar surface area (TPSA) is 12.5 Å². The van der Waals surface area contributed by atoms with Gasteiger partial charge in [-0.15, -0.1) is 11.3 Å². The van der Waals surface area contributed by atoms with Gasteiger partial charge < -0.3 is 4.74 Å². The summed E-state index contributed by atoms with van der Waals surface area (Å²) in [4.78, 5) is 3.86. The van der Waals surface area contributed by atoms with Crippen LogP contribution in [0.3, 0.4) is 0 Å². The van der Waals surface area contributed by atoms with Crippen LogP contribution in [0.1, 0.15) is 37.5 Å². The Morgan fingerprint density at radius 1 is 1.32 bits per heavy atom. The lowest BCUT2D eigenvalue weighted by atomic mass is 9.67. The summed E-state index contributed by atoms with van der Waals surface area (Å²) < 4.78 is 6.13. The lowest BCUT2D eigenvalue weighted by Crippen LogP contribution is -2.48. The van der Waals surface area contributed by atoms with Gasteiger partial charge in [-0.1, -0.05) is 25.0 Å². The predicted octanol–water partition coefficient (Wildman–Crippen LogP) is 4.56. The summed E-state index contributed by atoms with van der Waals surface area (Å²) in [6, 6.07) is 4.45. The van der Waals surface area contributed by atoms with Gasteiger partial charge in [0.25, 0.3) is 0 Å². The molecule has 3 heteroatoms. The second kappa shape index (κ2) is 4.97. The van der Waals surface area contributed by atoms with E-state index in [9.17, 15) is 0 Å². The molecular weight excluding hydrogens is 290 g/mol. The molecule has 118 valence electrons. The quantitative estimate of drug-likeness (QED) is 0.808. The molecule has 0 N–H and O–H groups in total. The largest absolute Gasteiger partial charge is 0.498 e. The first-order valence-electron chi connectivity index (χ1n) is 8.46. The van der Waals surface area contributed by atoms with Gasteiger partial charge in [0.05, 0.1) is 17.6 Å². The van der Waals surface area contributed by atoms with Crippen molar-refractivity contribution < 1.29 is 4.74 Å². The van der Waals surface area contributed by atoms with Gasteiger partial charge in [0, 0.05) is 10.8 Å². The first kappa shape index (κ1) is 14.5. The zero-order valence-electron chi connectivity index (χ0n) is 13.8. The number of rotatable bonds is 4. The summed E-state index contributed by atoms with van der Waals surface area (Å²) in [5.41, 5.74) is 1.69. The molecule has 0 saturated heterocycles. The predicted molar refractivity (Wildman–Crippen MR) is 92.8 cm³/mol. The summed E-state index contributed by atoms with van der Waals surface area (Å²) >= 11 is 1.87. The molecule has 3 aliphatic rings. The van der Waals surface area contributed by atoms with Crippen molar-refractivity contribution in [1.29, 1.82) is 0 Å². The highest BCUT2D eigenvalue weighted by Crippen LogP contribution is 2.68. The molecule has 0 unspecified atom stereocenters. The Labute approximate surface area is 137 Å². The molecule has 1 aromatic heterocycles. The van der Waals surface area contributed by atoms with Crippen molar-refractivity contribution in [2.24, 2.45) is 11.3 Å². The summed E-state index contributed by atoms with van der Waals surface area (Å²) in [6.45, 7) is 2.87. The zero-order chi connectivity index (χ0) is 15.4. The molecule has 0 spiro atoms. The minimum atomic E-state index is 0.0236. The van der Waals surface area contributed by atoms with Gasteiger partial charge in [-0.25, -0.2) is 0 Å². The molecular formula is C19H25NOS. The minimum Gasteiger partial charge on any atom is -0.498 e. The number of likely N-dealkylation sites (N-methyl/N-ethyl adjacent to an activating group) is 1. The van der Waals surface area contributed by atoms with Crippen LogP contribution in [0.15, 0.2) is 35.4 Å². The maximum Gasteiger partial charge on any atom is 0.104 e. The zero-order valence-corrected chi connectivity index (χ0v) is 14.6. The smallest absolute Gasteiger partial charge is 0.104 e. The lowest BCUT2D eigenvalue weighted by molar-refractivity contribution is 0.0760. The summed E-state index contributed by atoms with van der Waals surface area (Å²) in [6.07, 6.45) is 10.2. The van der Waals surface area contributed by atoms with Crippen molar-refractivity contribution >= 4 is 16.9 Å².